The van der Waals surface area contributed by atoms with Crippen LogP contribution < -0.4 is 10.6 Å². The summed E-state index contributed by atoms with van der Waals surface area (Å²) in [5, 5.41) is 6.20. The quantitative estimate of drug-likeness (QED) is 0.812. The summed E-state index contributed by atoms with van der Waals surface area (Å²) in [5.74, 6) is 1.39. The fourth-order valence-corrected chi connectivity index (χ4v) is 1.99. The minimum atomic E-state index is 0.608. The third kappa shape index (κ3) is 2.88. The van der Waals surface area contributed by atoms with E-state index in [0.717, 1.165) is 11.5 Å². The van der Waals surface area contributed by atoms with E-state index in [0.29, 0.717) is 5.95 Å². The van der Waals surface area contributed by atoms with Gasteiger partial charge in [-0.25, -0.2) is 4.98 Å². The third-order valence-electron chi connectivity index (χ3n) is 2.25. The van der Waals surface area contributed by atoms with Crippen molar-refractivity contribution in [1.82, 2.24) is 9.97 Å². The van der Waals surface area contributed by atoms with Crippen LogP contribution in [-0.2, 0) is 0 Å². The fraction of sp³-hybridized carbons (Fsp3) is 0.167. The van der Waals surface area contributed by atoms with E-state index in [1.165, 1.54) is 4.90 Å². The number of hydrogen-bond donors (Lipinski definition) is 2. The zero-order valence-electron chi connectivity index (χ0n) is 9.77. The highest BCUT2D eigenvalue weighted by Gasteiger charge is 2.02. The molecule has 17 heavy (non-hydrogen) atoms. The van der Waals surface area contributed by atoms with Crippen LogP contribution in [-0.4, -0.2) is 23.3 Å². The summed E-state index contributed by atoms with van der Waals surface area (Å²) in [6.45, 7) is 0. The summed E-state index contributed by atoms with van der Waals surface area (Å²) < 4.78 is 0. The molecule has 0 unspecified atom stereocenters. The SMILES string of the molecule is CNc1nccc(Nc2ccccc2SC)n1. The zero-order valence-corrected chi connectivity index (χ0v) is 10.6. The number of rotatable bonds is 4. The molecule has 0 saturated carbocycles. The smallest absolute Gasteiger partial charge is 0.224 e. The molecule has 1 aromatic heterocycles. The van der Waals surface area contributed by atoms with Crippen LogP contribution in [0.3, 0.4) is 0 Å². The number of nitrogens with one attached hydrogen (secondary N) is 2. The molecule has 0 aliphatic carbocycles. The molecule has 88 valence electrons. The van der Waals surface area contributed by atoms with Crippen molar-refractivity contribution < 1.29 is 0 Å². The maximum absolute atomic E-state index is 4.32. The van der Waals surface area contributed by atoms with E-state index in [4.69, 9.17) is 0 Å². The molecule has 2 aromatic rings. The van der Waals surface area contributed by atoms with Gasteiger partial charge in [-0.3, -0.25) is 0 Å². The Morgan fingerprint density at radius 2 is 2.00 bits per heavy atom. The van der Waals surface area contributed by atoms with Crippen LogP contribution in [0.15, 0.2) is 41.4 Å². The first-order valence-corrected chi connectivity index (χ1v) is 6.47. The molecule has 1 aromatic carbocycles. The topological polar surface area (TPSA) is 49.8 Å². The van der Waals surface area contributed by atoms with Crippen molar-refractivity contribution in [1.29, 1.82) is 0 Å². The molecule has 2 rings (SSSR count). The van der Waals surface area contributed by atoms with Crippen LogP contribution >= 0.6 is 11.8 Å². The predicted molar refractivity (Wildman–Crippen MR) is 73.1 cm³/mol. The van der Waals surface area contributed by atoms with Gasteiger partial charge in [-0.05, 0) is 24.5 Å². The van der Waals surface area contributed by atoms with Gasteiger partial charge in [-0.1, -0.05) is 12.1 Å². The molecule has 0 saturated heterocycles. The molecule has 1 heterocycles. The van der Waals surface area contributed by atoms with Crippen molar-refractivity contribution in [3.8, 4) is 0 Å². The van der Waals surface area contributed by atoms with E-state index in [-0.39, 0.29) is 0 Å². The Morgan fingerprint density at radius 3 is 2.76 bits per heavy atom. The van der Waals surface area contributed by atoms with Crippen molar-refractivity contribution in [3.05, 3.63) is 36.5 Å². The van der Waals surface area contributed by atoms with Crippen LogP contribution in [0.5, 0.6) is 0 Å². The number of hydrogen-bond acceptors (Lipinski definition) is 5. The Labute approximate surface area is 105 Å². The van der Waals surface area contributed by atoms with E-state index >= 15 is 0 Å². The Balaban J connectivity index is 2.24. The van der Waals surface area contributed by atoms with Crippen molar-refractivity contribution in [3.63, 3.8) is 0 Å². The van der Waals surface area contributed by atoms with Gasteiger partial charge in [0.2, 0.25) is 5.95 Å². The van der Waals surface area contributed by atoms with Crippen LogP contribution in [0.2, 0.25) is 0 Å². The number of nitrogens with zero attached hydrogens (tertiary/aromatic N) is 2. The molecule has 2 N–H and O–H groups in total. The second-order valence-electron chi connectivity index (χ2n) is 3.34. The van der Waals surface area contributed by atoms with Crippen molar-refractivity contribution >= 4 is 29.2 Å². The van der Waals surface area contributed by atoms with Gasteiger partial charge in [-0.2, -0.15) is 4.98 Å². The largest absolute Gasteiger partial charge is 0.357 e. The van der Waals surface area contributed by atoms with Gasteiger partial charge < -0.3 is 10.6 Å². The molecule has 0 radical (unpaired) electrons. The first-order valence-electron chi connectivity index (χ1n) is 5.24. The summed E-state index contributed by atoms with van der Waals surface area (Å²) in [6.07, 6.45) is 3.78. The summed E-state index contributed by atoms with van der Waals surface area (Å²) in [7, 11) is 1.80. The Bertz CT molecular complexity index is 501. The maximum Gasteiger partial charge on any atom is 0.224 e. The molecule has 4 nitrogen and oxygen atoms in total. The maximum atomic E-state index is 4.32. The lowest BCUT2D eigenvalue weighted by Gasteiger charge is -2.09. The molecule has 0 aliphatic heterocycles. The monoisotopic (exact) mass is 246 g/mol. The van der Waals surface area contributed by atoms with Crippen molar-refractivity contribution in [2.45, 2.75) is 4.90 Å². The van der Waals surface area contributed by atoms with Crippen LogP contribution in [0.1, 0.15) is 0 Å². The molecule has 0 bridgehead atoms. The lowest BCUT2D eigenvalue weighted by Crippen LogP contribution is -2.00. The molecule has 0 aliphatic rings. The van der Waals surface area contributed by atoms with Crippen LogP contribution in [0.25, 0.3) is 0 Å². The lowest BCUT2D eigenvalue weighted by atomic mass is 10.3. The van der Waals surface area contributed by atoms with Gasteiger partial charge in [0.25, 0.3) is 0 Å². The average molecular weight is 246 g/mol. The standard InChI is InChI=1S/C12H14N4S/c1-13-12-14-8-7-11(16-12)15-9-5-3-4-6-10(9)17-2/h3-8H,1-2H3,(H2,13,14,15,16). The molecule has 0 spiro atoms. The zero-order chi connectivity index (χ0) is 12.1. The number of benzene rings is 1. The van der Waals surface area contributed by atoms with E-state index in [1.54, 1.807) is 25.0 Å². The summed E-state index contributed by atoms with van der Waals surface area (Å²) >= 11 is 1.70. The van der Waals surface area contributed by atoms with Gasteiger partial charge in [0, 0.05) is 18.1 Å². The molecule has 0 amide bonds. The number of thioether (sulfide) groups is 1. The Morgan fingerprint density at radius 1 is 1.18 bits per heavy atom. The highest BCUT2D eigenvalue weighted by molar-refractivity contribution is 7.98. The van der Waals surface area contributed by atoms with Gasteiger partial charge in [0.05, 0.1) is 5.69 Å². The molecule has 5 heteroatoms. The second kappa shape index (κ2) is 5.54. The summed E-state index contributed by atoms with van der Waals surface area (Å²) in [4.78, 5) is 9.59. The highest BCUT2D eigenvalue weighted by atomic mass is 32.2. The Hall–Kier alpha value is -1.75. The highest BCUT2D eigenvalue weighted by Crippen LogP contribution is 2.27. The first-order chi connectivity index (χ1) is 8.33. The first kappa shape index (κ1) is 11.7. The van der Waals surface area contributed by atoms with E-state index in [2.05, 4.69) is 32.9 Å². The number of para-hydroxylation sites is 1. The van der Waals surface area contributed by atoms with Gasteiger partial charge >= 0.3 is 0 Å². The summed E-state index contributed by atoms with van der Waals surface area (Å²) in [5.41, 5.74) is 1.06. The normalized spacial score (nSPS) is 10.0. The van der Waals surface area contributed by atoms with Gasteiger partial charge in [0.15, 0.2) is 0 Å². The molecule has 0 fully saturated rings. The Kier molecular flexibility index (Phi) is 3.82. The fourth-order valence-electron chi connectivity index (χ4n) is 1.43. The van der Waals surface area contributed by atoms with E-state index in [1.807, 2.05) is 24.3 Å². The van der Waals surface area contributed by atoms with Crippen molar-refractivity contribution in [2.24, 2.45) is 0 Å². The molecule has 0 atom stereocenters. The second-order valence-corrected chi connectivity index (χ2v) is 4.19. The number of anilines is 3. The lowest BCUT2D eigenvalue weighted by molar-refractivity contribution is 1.15. The van der Waals surface area contributed by atoms with Crippen LogP contribution in [0, 0.1) is 0 Å². The van der Waals surface area contributed by atoms with E-state index in [9.17, 15) is 0 Å². The van der Waals surface area contributed by atoms with Gasteiger partial charge in [-0.15, -0.1) is 11.8 Å². The third-order valence-corrected chi connectivity index (χ3v) is 3.04. The molecular formula is C12H14N4S. The minimum absolute atomic E-state index is 0.608. The van der Waals surface area contributed by atoms with Crippen LogP contribution in [0.4, 0.5) is 17.5 Å². The van der Waals surface area contributed by atoms with Gasteiger partial charge in [0.1, 0.15) is 5.82 Å². The summed E-state index contributed by atoms with van der Waals surface area (Å²) in [6, 6.07) is 9.98. The number of aromatic nitrogens is 2. The minimum Gasteiger partial charge on any atom is -0.357 e. The van der Waals surface area contributed by atoms with E-state index < -0.39 is 0 Å². The average Bonchev–Trinajstić information content (AvgIpc) is 2.39. The molecular weight excluding hydrogens is 232 g/mol. The predicted octanol–water partition coefficient (Wildman–Crippen LogP) is 2.98. The van der Waals surface area contributed by atoms with Crippen molar-refractivity contribution in [2.75, 3.05) is 23.9 Å².